The Morgan fingerprint density at radius 3 is 2.56 bits per heavy atom. The van der Waals surface area contributed by atoms with Crippen molar-refractivity contribution in [2.75, 3.05) is 7.11 Å². The molecule has 0 bridgehead atoms. The van der Waals surface area contributed by atoms with E-state index in [2.05, 4.69) is 51.2 Å². The van der Waals surface area contributed by atoms with E-state index in [-0.39, 0.29) is 0 Å². The minimum Gasteiger partial charge on any atom is -0.496 e. The zero-order chi connectivity index (χ0) is 13.5. The monoisotopic (exact) mass is 249 g/mol. The van der Waals surface area contributed by atoms with Crippen molar-refractivity contribution in [3.63, 3.8) is 0 Å². The second-order valence-electron chi connectivity index (χ2n) is 5.26. The third kappa shape index (κ3) is 4.34. The van der Waals surface area contributed by atoms with Gasteiger partial charge in [-0.1, -0.05) is 51.3 Å². The maximum absolute atomic E-state index is 5.50. The zero-order valence-corrected chi connectivity index (χ0v) is 12.4. The number of hydrogen-bond donors (Lipinski definition) is 1. The molecule has 0 aliphatic heterocycles. The standard InChI is InChI=1S/C16H27NO/c1-6-7-8-15(17-12(2)3)14-11-13(4)9-10-16(14)18-5/h9-12,15,17H,6-8H2,1-5H3. The number of benzene rings is 1. The van der Waals surface area contributed by atoms with E-state index in [4.69, 9.17) is 4.74 Å². The Hall–Kier alpha value is -1.02. The fraction of sp³-hybridized carbons (Fsp3) is 0.625. The Labute approximate surface area is 112 Å². The van der Waals surface area contributed by atoms with Crippen LogP contribution in [0.3, 0.4) is 0 Å². The van der Waals surface area contributed by atoms with E-state index < -0.39 is 0 Å². The smallest absolute Gasteiger partial charge is 0.123 e. The Bertz CT molecular complexity index is 360. The van der Waals surface area contributed by atoms with Crippen LogP contribution in [0.15, 0.2) is 18.2 Å². The molecule has 0 spiro atoms. The van der Waals surface area contributed by atoms with Crippen molar-refractivity contribution in [1.29, 1.82) is 0 Å². The van der Waals surface area contributed by atoms with Crippen LogP contribution in [-0.4, -0.2) is 13.2 Å². The summed E-state index contributed by atoms with van der Waals surface area (Å²) < 4.78 is 5.50. The van der Waals surface area contributed by atoms with Crippen LogP contribution in [0.1, 0.15) is 57.2 Å². The first-order chi connectivity index (χ1) is 8.58. The maximum Gasteiger partial charge on any atom is 0.123 e. The Balaban J connectivity index is 2.98. The molecule has 2 heteroatoms. The average molecular weight is 249 g/mol. The quantitative estimate of drug-likeness (QED) is 0.780. The highest BCUT2D eigenvalue weighted by atomic mass is 16.5. The van der Waals surface area contributed by atoms with E-state index in [9.17, 15) is 0 Å². The fourth-order valence-electron chi connectivity index (χ4n) is 2.27. The summed E-state index contributed by atoms with van der Waals surface area (Å²) in [5.74, 6) is 0.995. The van der Waals surface area contributed by atoms with Gasteiger partial charge in [0.1, 0.15) is 5.75 Å². The van der Waals surface area contributed by atoms with Gasteiger partial charge < -0.3 is 10.1 Å². The number of rotatable bonds is 7. The second-order valence-corrected chi connectivity index (χ2v) is 5.26. The van der Waals surface area contributed by atoms with Crippen LogP contribution in [0.5, 0.6) is 5.75 Å². The van der Waals surface area contributed by atoms with E-state index in [0.29, 0.717) is 12.1 Å². The molecule has 1 unspecified atom stereocenters. The van der Waals surface area contributed by atoms with Crippen LogP contribution in [0.4, 0.5) is 0 Å². The van der Waals surface area contributed by atoms with E-state index in [0.717, 1.165) is 12.2 Å². The molecule has 0 saturated carbocycles. The van der Waals surface area contributed by atoms with Crippen LogP contribution < -0.4 is 10.1 Å². The van der Waals surface area contributed by atoms with Crippen molar-refractivity contribution in [3.05, 3.63) is 29.3 Å². The lowest BCUT2D eigenvalue weighted by Gasteiger charge is -2.24. The summed E-state index contributed by atoms with van der Waals surface area (Å²) in [6.07, 6.45) is 3.63. The topological polar surface area (TPSA) is 21.3 Å². The first-order valence-electron chi connectivity index (χ1n) is 6.99. The molecule has 0 aliphatic carbocycles. The van der Waals surface area contributed by atoms with E-state index >= 15 is 0 Å². The average Bonchev–Trinajstić information content (AvgIpc) is 2.34. The molecule has 18 heavy (non-hydrogen) atoms. The van der Waals surface area contributed by atoms with E-state index in [1.807, 2.05) is 0 Å². The van der Waals surface area contributed by atoms with Crippen LogP contribution in [0.25, 0.3) is 0 Å². The number of unbranched alkanes of at least 4 members (excludes halogenated alkanes) is 1. The molecule has 0 heterocycles. The molecule has 1 rings (SSSR count). The van der Waals surface area contributed by atoms with Crippen molar-refractivity contribution in [2.24, 2.45) is 0 Å². The summed E-state index contributed by atoms with van der Waals surface area (Å²) in [4.78, 5) is 0. The van der Waals surface area contributed by atoms with Gasteiger partial charge in [0, 0.05) is 17.6 Å². The molecule has 1 aromatic rings. The van der Waals surface area contributed by atoms with Gasteiger partial charge in [-0.3, -0.25) is 0 Å². The Kier molecular flexibility index (Phi) is 6.20. The highest BCUT2D eigenvalue weighted by Gasteiger charge is 2.16. The van der Waals surface area contributed by atoms with Crippen molar-refractivity contribution in [2.45, 2.75) is 59.0 Å². The lowest BCUT2D eigenvalue weighted by atomic mass is 9.97. The van der Waals surface area contributed by atoms with Gasteiger partial charge in [-0.2, -0.15) is 0 Å². The number of aryl methyl sites for hydroxylation is 1. The summed E-state index contributed by atoms with van der Waals surface area (Å²) in [5, 5.41) is 3.65. The molecule has 0 aliphatic rings. The summed E-state index contributed by atoms with van der Waals surface area (Å²) in [6.45, 7) is 8.76. The number of hydrogen-bond acceptors (Lipinski definition) is 2. The van der Waals surface area contributed by atoms with Crippen LogP contribution in [0.2, 0.25) is 0 Å². The Morgan fingerprint density at radius 2 is 2.00 bits per heavy atom. The molecule has 1 aromatic carbocycles. The first kappa shape index (κ1) is 15.0. The van der Waals surface area contributed by atoms with Crippen molar-refractivity contribution in [1.82, 2.24) is 5.32 Å². The summed E-state index contributed by atoms with van der Waals surface area (Å²) in [7, 11) is 1.75. The molecule has 102 valence electrons. The van der Waals surface area contributed by atoms with E-state index in [1.165, 1.54) is 24.0 Å². The van der Waals surface area contributed by atoms with Gasteiger partial charge in [0.15, 0.2) is 0 Å². The third-order valence-electron chi connectivity index (χ3n) is 3.14. The molecule has 1 N–H and O–H groups in total. The van der Waals surface area contributed by atoms with Crippen molar-refractivity contribution >= 4 is 0 Å². The largest absolute Gasteiger partial charge is 0.496 e. The molecule has 1 atom stereocenters. The maximum atomic E-state index is 5.50. The molecular formula is C16H27NO. The lowest BCUT2D eigenvalue weighted by molar-refractivity contribution is 0.383. The third-order valence-corrected chi connectivity index (χ3v) is 3.14. The van der Waals surface area contributed by atoms with Crippen LogP contribution in [0, 0.1) is 6.92 Å². The zero-order valence-electron chi connectivity index (χ0n) is 12.4. The highest BCUT2D eigenvalue weighted by molar-refractivity contribution is 5.39. The molecular weight excluding hydrogens is 222 g/mol. The van der Waals surface area contributed by atoms with Gasteiger partial charge in [-0.05, 0) is 19.4 Å². The SMILES string of the molecule is CCCCC(NC(C)C)c1cc(C)ccc1OC. The normalized spacial score (nSPS) is 12.8. The second kappa shape index (κ2) is 7.42. The van der Waals surface area contributed by atoms with Crippen LogP contribution >= 0.6 is 0 Å². The molecule has 2 nitrogen and oxygen atoms in total. The van der Waals surface area contributed by atoms with Crippen LogP contribution in [-0.2, 0) is 0 Å². The summed E-state index contributed by atoms with van der Waals surface area (Å²) >= 11 is 0. The van der Waals surface area contributed by atoms with Gasteiger partial charge in [0.05, 0.1) is 7.11 Å². The minimum atomic E-state index is 0.389. The summed E-state index contributed by atoms with van der Waals surface area (Å²) in [5.41, 5.74) is 2.58. The first-order valence-corrected chi connectivity index (χ1v) is 6.99. The van der Waals surface area contributed by atoms with E-state index in [1.54, 1.807) is 7.11 Å². The van der Waals surface area contributed by atoms with Gasteiger partial charge in [-0.25, -0.2) is 0 Å². The lowest BCUT2D eigenvalue weighted by Crippen LogP contribution is -2.28. The molecule has 0 fully saturated rings. The minimum absolute atomic E-state index is 0.389. The predicted octanol–water partition coefficient (Wildman–Crippen LogP) is 4.23. The van der Waals surface area contributed by atoms with Crippen molar-refractivity contribution in [3.8, 4) is 5.75 Å². The van der Waals surface area contributed by atoms with Gasteiger partial charge >= 0.3 is 0 Å². The molecule has 0 amide bonds. The van der Waals surface area contributed by atoms with Gasteiger partial charge in [-0.15, -0.1) is 0 Å². The molecule has 0 saturated heterocycles. The Morgan fingerprint density at radius 1 is 1.28 bits per heavy atom. The number of nitrogens with one attached hydrogen (secondary N) is 1. The van der Waals surface area contributed by atoms with Gasteiger partial charge in [0.2, 0.25) is 0 Å². The van der Waals surface area contributed by atoms with Gasteiger partial charge in [0.25, 0.3) is 0 Å². The highest BCUT2D eigenvalue weighted by Crippen LogP contribution is 2.29. The molecule has 0 aromatic heterocycles. The number of methoxy groups -OCH3 is 1. The number of ether oxygens (including phenoxy) is 1. The molecule has 0 radical (unpaired) electrons. The fourth-order valence-corrected chi connectivity index (χ4v) is 2.27. The van der Waals surface area contributed by atoms with Crippen molar-refractivity contribution < 1.29 is 4.74 Å². The summed E-state index contributed by atoms with van der Waals surface area (Å²) in [6, 6.07) is 7.30. The predicted molar refractivity (Wildman–Crippen MR) is 78.3 cm³/mol.